The number of hydrogen-bond donors (Lipinski definition) is 0. The van der Waals surface area contributed by atoms with Gasteiger partial charge in [0.15, 0.2) is 0 Å². The molecule has 2 aromatic heterocycles. The highest BCUT2D eigenvalue weighted by molar-refractivity contribution is 5.88. The number of esters is 1. The van der Waals surface area contributed by atoms with Gasteiger partial charge in [-0.25, -0.2) is 14.5 Å². The van der Waals surface area contributed by atoms with Crippen LogP contribution in [0.4, 0.5) is 0 Å². The quantitative estimate of drug-likeness (QED) is 0.495. The van der Waals surface area contributed by atoms with E-state index in [2.05, 4.69) is 10.1 Å². The first-order valence-electron chi connectivity index (χ1n) is 8.61. The fraction of sp³-hybridized carbons (Fsp3) is 0.0952. The number of hydrogen-bond acceptors (Lipinski definition) is 4. The van der Waals surface area contributed by atoms with E-state index < -0.39 is 5.97 Å². The van der Waals surface area contributed by atoms with E-state index in [1.54, 1.807) is 17.1 Å². The van der Waals surface area contributed by atoms with E-state index >= 15 is 0 Å². The minimum absolute atomic E-state index is 0.106. The van der Waals surface area contributed by atoms with Crippen molar-refractivity contribution in [3.63, 3.8) is 0 Å². The van der Waals surface area contributed by atoms with Gasteiger partial charge in [-0.3, -0.25) is 0 Å². The molecule has 0 unspecified atom stereocenters. The summed E-state index contributed by atoms with van der Waals surface area (Å²) in [6.07, 6.45) is 6.75. The first-order chi connectivity index (χ1) is 13.3. The van der Waals surface area contributed by atoms with Crippen LogP contribution >= 0.6 is 0 Å². The number of para-hydroxylation sites is 1. The largest absolute Gasteiger partial charge is 0.454 e. The second kappa shape index (κ2) is 7.70. The zero-order chi connectivity index (χ0) is 18.5. The summed E-state index contributed by atoms with van der Waals surface area (Å²) in [6, 6.07) is 19.7. The Labute approximate surface area is 156 Å². The van der Waals surface area contributed by atoms with Crippen LogP contribution in [0.2, 0.25) is 0 Å². The second-order valence-corrected chi connectivity index (χ2v) is 6.04. The molecule has 0 aliphatic heterocycles. The number of rotatable bonds is 6. The summed E-state index contributed by atoms with van der Waals surface area (Å²) in [7, 11) is 0. The van der Waals surface area contributed by atoms with Gasteiger partial charge in [0, 0.05) is 25.1 Å². The summed E-state index contributed by atoms with van der Waals surface area (Å²) in [5, 5.41) is 4.22. The summed E-state index contributed by atoms with van der Waals surface area (Å²) in [5.41, 5.74) is 2.45. The molecular weight excluding hydrogens is 340 g/mol. The minimum Gasteiger partial charge on any atom is -0.454 e. The van der Waals surface area contributed by atoms with Crippen LogP contribution in [0.1, 0.15) is 21.7 Å². The minimum atomic E-state index is -0.425. The molecule has 0 aliphatic rings. The Morgan fingerprint density at radius 1 is 1.00 bits per heavy atom. The molecule has 0 radical (unpaired) electrons. The van der Waals surface area contributed by atoms with Crippen LogP contribution in [-0.4, -0.2) is 25.3 Å². The number of imidazole rings is 1. The Hall–Kier alpha value is -3.67. The van der Waals surface area contributed by atoms with Crippen LogP contribution < -0.4 is 0 Å². The standard InChI is InChI=1S/C21H18N4O2/c26-21(18-13-23-25(15-18)19-9-5-2-6-10-19)27-16-20-22-11-12-24(20)14-17-7-3-1-4-8-17/h1-13,15H,14,16H2. The lowest BCUT2D eigenvalue weighted by atomic mass is 10.2. The van der Waals surface area contributed by atoms with Crippen molar-refractivity contribution < 1.29 is 9.53 Å². The number of carbonyl (C=O) groups is 1. The Morgan fingerprint density at radius 3 is 2.52 bits per heavy atom. The van der Waals surface area contributed by atoms with Crippen LogP contribution in [0.5, 0.6) is 0 Å². The third-order valence-corrected chi connectivity index (χ3v) is 4.17. The summed E-state index contributed by atoms with van der Waals surface area (Å²) in [5.74, 6) is 0.272. The topological polar surface area (TPSA) is 61.9 Å². The van der Waals surface area contributed by atoms with Crippen molar-refractivity contribution in [2.24, 2.45) is 0 Å². The molecule has 4 rings (SSSR count). The Morgan fingerprint density at radius 2 is 1.74 bits per heavy atom. The van der Waals surface area contributed by atoms with Gasteiger partial charge in [0.25, 0.3) is 0 Å². The summed E-state index contributed by atoms with van der Waals surface area (Å²) in [4.78, 5) is 16.6. The van der Waals surface area contributed by atoms with E-state index in [-0.39, 0.29) is 6.61 Å². The molecule has 2 aromatic carbocycles. The Kier molecular flexibility index (Phi) is 4.78. The molecule has 6 heteroatoms. The molecule has 0 bridgehead atoms. The monoisotopic (exact) mass is 358 g/mol. The maximum absolute atomic E-state index is 12.3. The normalized spacial score (nSPS) is 10.7. The van der Waals surface area contributed by atoms with Crippen LogP contribution in [0, 0.1) is 0 Å². The first-order valence-corrected chi connectivity index (χ1v) is 8.61. The van der Waals surface area contributed by atoms with Crippen molar-refractivity contribution >= 4 is 5.97 Å². The van der Waals surface area contributed by atoms with Crippen LogP contribution in [0.15, 0.2) is 85.5 Å². The molecule has 134 valence electrons. The highest BCUT2D eigenvalue weighted by Gasteiger charge is 2.13. The first kappa shape index (κ1) is 16.8. The molecule has 4 aromatic rings. The van der Waals surface area contributed by atoms with Gasteiger partial charge in [0.05, 0.1) is 17.4 Å². The van der Waals surface area contributed by atoms with Gasteiger partial charge in [0.1, 0.15) is 12.4 Å². The van der Waals surface area contributed by atoms with Crippen molar-refractivity contribution in [1.29, 1.82) is 0 Å². The van der Waals surface area contributed by atoms with Gasteiger partial charge in [-0.15, -0.1) is 0 Å². The summed E-state index contributed by atoms with van der Waals surface area (Å²) < 4.78 is 9.04. The lowest BCUT2D eigenvalue weighted by Gasteiger charge is -2.08. The van der Waals surface area contributed by atoms with Crippen molar-refractivity contribution in [2.75, 3.05) is 0 Å². The molecule has 0 fully saturated rings. The number of benzene rings is 2. The number of nitrogens with zero attached hydrogens (tertiary/aromatic N) is 4. The zero-order valence-corrected chi connectivity index (χ0v) is 14.6. The molecule has 2 heterocycles. The molecule has 0 N–H and O–H groups in total. The fourth-order valence-electron chi connectivity index (χ4n) is 2.77. The van der Waals surface area contributed by atoms with E-state index in [1.807, 2.05) is 71.4 Å². The second-order valence-electron chi connectivity index (χ2n) is 6.04. The number of aromatic nitrogens is 4. The van der Waals surface area contributed by atoms with Gasteiger partial charge in [0.2, 0.25) is 0 Å². The van der Waals surface area contributed by atoms with Gasteiger partial charge in [-0.1, -0.05) is 48.5 Å². The number of ether oxygens (including phenoxy) is 1. The lowest BCUT2D eigenvalue weighted by molar-refractivity contribution is 0.0458. The van der Waals surface area contributed by atoms with Crippen molar-refractivity contribution in [3.8, 4) is 5.69 Å². The van der Waals surface area contributed by atoms with Crippen LogP contribution in [-0.2, 0) is 17.9 Å². The third-order valence-electron chi connectivity index (χ3n) is 4.17. The van der Waals surface area contributed by atoms with Crippen LogP contribution in [0.3, 0.4) is 0 Å². The summed E-state index contributed by atoms with van der Waals surface area (Å²) in [6.45, 7) is 0.787. The maximum Gasteiger partial charge on any atom is 0.341 e. The molecule has 0 atom stereocenters. The summed E-state index contributed by atoms with van der Waals surface area (Å²) >= 11 is 0. The van der Waals surface area contributed by atoms with E-state index in [4.69, 9.17) is 4.74 Å². The Bertz CT molecular complexity index is 1020. The maximum atomic E-state index is 12.3. The van der Waals surface area contributed by atoms with Gasteiger partial charge in [-0.2, -0.15) is 5.10 Å². The highest BCUT2D eigenvalue weighted by Crippen LogP contribution is 2.11. The predicted molar refractivity (Wildman–Crippen MR) is 100 cm³/mol. The van der Waals surface area contributed by atoms with Crippen molar-refractivity contribution in [3.05, 3.63) is 102 Å². The smallest absolute Gasteiger partial charge is 0.341 e. The van der Waals surface area contributed by atoms with E-state index in [9.17, 15) is 4.79 Å². The predicted octanol–water partition coefficient (Wildman–Crippen LogP) is 3.47. The van der Waals surface area contributed by atoms with Gasteiger partial charge < -0.3 is 9.30 Å². The zero-order valence-electron chi connectivity index (χ0n) is 14.6. The fourth-order valence-corrected chi connectivity index (χ4v) is 2.77. The molecule has 0 spiro atoms. The molecular formula is C21H18N4O2. The van der Waals surface area contributed by atoms with E-state index in [1.165, 1.54) is 6.20 Å². The molecule has 0 amide bonds. The van der Waals surface area contributed by atoms with Gasteiger partial charge >= 0.3 is 5.97 Å². The average molecular weight is 358 g/mol. The molecule has 0 saturated carbocycles. The highest BCUT2D eigenvalue weighted by atomic mass is 16.5. The Balaban J connectivity index is 1.40. The third kappa shape index (κ3) is 3.95. The molecule has 0 saturated heterocycles. The lowest BCUT2D eigenvalue weighted by Crippen LogP contribution is -2.10. The van der Waals surface area contributed by atoms with E-state index in [0.29, 0.717) is 17.9 Å². The van der Waals surface area contributed by atoms with Crippen molar-refractivity contribution in [1.82, 2.24) is 19.3 Å². The average Bonchev–Trinajstić information content (AvgIpc) is 3.37. The van der Waals surface area contributed by atoms with Crippen LogP contribution in [0.25, 0.3) is 5.69 Å². The number of carbonyl (C=O) groups excluding carboxylic acids is 1. The molecule has 27 heavy (non-hydrogen) atoms. The molecule has 0 aliphatic carbocycles. The molecule has 6 nitrogen and oxygen atoms in total. The van der Waals surface area contributed by atoms with E-state index in [0.717, 1.165) is 11.3 Å². The van der Waals surface area contributed by atoms with Crippen molar-refractivity contribution in [2.45, 2.75) is 13.2 Å². The van der Waals surface area contributed by atoms with Gasteiger partial charge in [-0.05, 0) is 17.7 Å². The SMILES string of the molecule is O=C(OCc1nccn1Cc1ccccc1)c1cnn(-c2ccccc2)c1.